The van der Waals surface area contributed by atoms with Crippen molar-refractivity contribution in [3.8, 4) is 0 Å². The van der Waals surface area contributed by atoms with Gasteiger partial charge in [0, 0.05) is 33.5 Å². The van der Waals surface area contributed by atoms with Gasteiger partial charge in [0.25, 0.3) is 0 Å². The second-order valence-corrected chi connectivity index (χ2v) is 5.69. The summed E-state index contributed by atoms with van der Waals surface area (Å²) < 4.78 is 0. The van der Waals surface area contributed by atoms with Crippen LogP contribution in [0.3, 0.4) is 0 Å². The van der Waals surface area contributed by atoms with E-state index in [-0.39, 0.29) is 34.0 Å². The molecule has 0 heterocycles. The Morgan fingerprint density at radius 1 is 0.923 bits per heavy atom. The average molecular weight is 350 g/mol. The van der Waals surface area contributed by atoms with Crippen molar-refractivity contribution in [3.05, 3.63) is 76.9 Å². The zero-order valence-corrected chi connectivity index (χ0v) is 13.8. The largest absolute Gasteiger partial charge is 0.358 e. The van der Waals surface area contributed by atoms with Crippen molar-refractivity contribution in [1.29, 1.82) is 0 Å². The Labute approximate surface area is 148 Å². The Balaban J connectivity index is 1.80. The highest BCUT2D eigenvalue weighted by atomic mass is 16.7. The van der Waals surface area contributed by atoms with Crippen LogP contribution in [0.1, 0.15) is 38.8 Å². The molecule has 0 atom stereocenters. The van der Waals surface area contributed by atoms with E-state index in [1.807, 2.05) is 5.48 Å². The maximum atomic E-state index is 12.6. The molecule has 7 heteroatoms. The Morgan fingerprint density at radius 2 is 1.50 bits per heavy atom. The lowest BCUT2D eigenvalue weighted by Gasteiger charge is -2.18. The summed E-state index contributed by atoms with van der Waals surface area (Å²) in [5, 5.41) is 2.43. The Hall–Kier alpha value is -3.74. The second kappa shape index (κ2) is 6.64. The third-order valence-electron chi connectivity index (χ3n) is 3.77. The number of ketones is 2. The fourth-order valence-electron chi connectivity index (χ4n) is 2.51. The van der Waals surface area contributed by atoms with Crippen LogP contribution in [0.4, 0.5) is 10.5 Å². The molecule has 2 amide bonds. The molecule has 2 aromatic carbocycles. The summed E-state index contributed by atoms with van der Waals surface area (Å²) in [6.07, 6.45) is 0. The number of nitrogens with one attached hydrogen (secondary N) is 2. The van der Waals surface area contributed by atoms with Gasteiger partial charge in [-0.1, -0.05) is 30.8 Å². The molecule has 3 rings (SSSR count). The van der Waals surface area contributed by atoms with Gasteiger partial charge >= 0.3 is 12.0 Å². The molecular formula is C19H14N2O5. The van der Waals surface area contributed by atoms with Crippen LogP contribution in [-0.2, 0) is 9.63 Å². The molecule has 0 radical (unpaired) electrons. The molecule has 0 saturated carbocycles. The van der Waals surface area contributed by atoms with Gasteiger partial charge in [0.2, 0.25) is 0 Å². The number of carbonyl (C=O) groups is 4. The molecule has 0 spiro atoms. The Kier molecular flexibility index (Phi) is 4.36. The molecule has 0 aliphatic heterocycles. The molecule has 26 heavy (non-hydrogen) atoms. The predicted molar refractivity (Wildman–Crippen MR) is 92.8 cm³/mol. The van der Waals surface area contributed by atoms with E-state index in [4.69, 9.17) is 0 Å². The van der Waals surface area contributed by atoms with E-state index in [1.54, 1.807) is 24.3 Å². The molecule has 0 unspecified atom stereocenters. The van der Waals surface area contributed by atoms with E-state index < -0.39 is 12.0 Å². The summed E-state index contributed by atoms with van der Waals surface area (Å²) >= 11 is 0. The fraction of sp³-hybridized carbons (Fsp3) is 0.0526. The van der Waals surface area contributed by atoms with Crippen LogP contribution in [0.2, 0.25) is 0 Å². The van der Waals surface area contributed by atoms with E-state index >= 15 is 0 Å². The summed E-state index contributed by atoms with van der Waals surface area (Å²) in [7, 11) is 0. The van der Waals surface area contributed by atoms with Crippen LogP contribution in [0.25, 0.3) is 0 Å². The van der Waals surface area contributed by atoms with Crippen molar-refractivity contribution < 1.29 is 24.0 Å². The highest BCUT2D eigenvalue weighted by Gasteiger charge is 2.29. The Morgan fingerprint density at radius 3 is 2.12 bits per heavy atom. The zero-order chi connectivity index (χ0) is 18.8. The first-order chi connectivity index (χ1) is 12.4. The van der Waals surface area contributed by atoms with Crippen molar-refractivity contribution in [3.63, 3.8) is 0 Å². The number of carbonyl (C=O) groups excluding carboxylic acids is 4. The molecule has 2 aromatic rings. The predicted octanol–water partition coefficient (Wildman–Crippen LogP) is 2.62. The molecule has 1 aliphatic rings. The van der Waals surface area contributed by atoms with Crippen LogP contribution in [0.5, 0.6) is 0 Å². The van der Waals surface area contributed by atoms with Crippen LogP contribution in [0, 0.1) is 0 Å². The first kappa shape index (κ1) is 17.1. The molecule has 7 nitrogen and oxygen atoms in total. The van der Waals surface area contributed by atoms with Gasteiger partial charge < -0.3 is 10.2 Å². The van der Waals surface area contributed by atoms with Crippen molar-refractivity contribution in [2.24, 2.45) is 0 Å². The summed E-state index contributed by atoms with van der Waals surface area (Å²) in [4.78, 5) is 52.7. The third kappa shape index (κ3) is 3.10. The van der Waals surface area contributed by atoms with Gasteiger partial charge in [-0.3, -0.25) is 9.59 Å². The standard InChI is InChI=1S/C19H14N2O5/c1-10(2)18(24)26-21-19(25)20-11-7-8-14-15(9-11)17(23)13-6-4-3-5-12(13)16(14)22/h3-9H,1H2,2H3,(H2,20,21,25). The molecule has 2 N–H and O–H groups in total. The quantitative estimate of drug-likeness (QED) is 0.546. The first-order valence-electron chi connectivity index (χ1n) is 7.64. The van der Waals surface area contributed by atoms with Crippen molar-refractivity contribution in [1.82, 2.24) is 5.48 Å². The number of anilines is 1. The van der Waals surface area contributed by atoms with Gasteiger partial charge in [-0.05, 0) is 25.1 Å². The molecule has 130 valence electrons. The van der Waals surface area contributed by atoms with Crippen molar-refractivity contribution >= 4 is 29.3 Å². The molecule has 0 fully saturated rings. The number of fused-ring (bicyclic) bond motifs is 2. The van der Waals surface area contributed by atoms with Gasteiger partial charge in [-0.15, -0.1) is 0 Å². The Bertz CT molecular complexity index is 978. The zero-order valence-electron chi connectivity index (χ0n) is 13.8. The van der Waals surface area contributed by atoms with E-state index in [1.165, 1.54) is 25.1 Å². The molecule has 1 aliphatic carbocycles. The van der Waals surface area contributed by atoms with Crippen molar-refractivity contribution in [2.75, 3.05) is 5.32 Å². The molecule has 0 saturated heterocycles. The molecule has 0 bridgehead atoms. The maximum absolute atomic E-state index is 12.6. The minimum absolute atomic E-state index is 0.127. The van der Waals surface area contributed by atoms with Crippen molar-refractivity contribution in [2.45, 2.75) is 6.92 Å². The summed E-state index contributed by atoms with van der Waals surface area (Å²) in [5.74, 6) is -1.32. The van der Waals surface area contributed by atoms with Crippen LogP contribution in [0.15, 0.2) is 54.6 Å². The van der Waals surface area contributed by atoms with E-state index in [9.17, 15) is 19.2 Å². The first-order valence-corrected chi connectivity index (χ1v) is 7.64. The number of hydroxylamine groups is 1. The topological polar surface area (TPSA) is 102 Å². The normalized spacial score (nSPS) is 11.9. The lowest BCUT2D eigenvalue weighted by atomic mass is 9.84. The van der Waals surface area contributed by atoms with Gasteiger partial charge in [-0.2, -0.15) is 5.48 Å². The minimum Gasteiger partial charge on any atom is -0.334 e. The van der Waals surface area contributed by atoms with Crippen LogP contribution in [-0.4, -0.2) is 23.6 Å². The highest BCUT2D eigenvalue weighted by Crippen LogP contribution is 2.29. The summed E-state index contributed by atoms with van der Waals surface area (Å²) in [6.45, 7) is 4.82. The number of hydrogen-bond acceptors (Lipinski definition) is 5. The average Bonchev–Trinajstić information content (AvgIpc) is 2.64. The van der Waals surface area contributed by atoms with Gasteiger partial charge in [-0.25, -0.2) is 9.59 Å². The number of amides is 2. The summed E-state index contributed by atoms with van der Waals surface area (Å²) in [6, 6.07) is 10.1. The summed E-state index contributed by atoms with van der Waals surface area (Å²) in [5.41, 5.74) is 3.46. The van der Waals surface area contributed by atoms with E-state index in [0.29, 0.717) is 11.1 Å². The van der Waals surface area contributed by atoms with Crippen LogP contribution >= 0.6 is 0 Å². The molecular weight excluding hydrogens is 336 g/mol. The van der Waals surface area contributed by atoms with Crippen LogP contribution < -0.4 is 10.8 Å². The number of hydrogen-bond donors (Lipinski definition) is 2. The van der Waals surface area contributed by atoms with Gasteiger partial charge in [0.05, 0.1) is 0 Å². The smallest absolute Gasteiger partial charge is 0.334 e. The minimum atomic E-state index is -0.811. The van der Waals surface area contributed by atoms with E-state index in [0.717, 1.165) is 0 Å². The lowest BCUT2D eigenvalue weighted by Crippen LogP contribution is -2.31. The van der Waals surface area contributed by atoms with Gasteiger partial charge in [0.15, 0.2) is 11.6 Å². The SMILES string of the molecule is C=C(C)C(=O)ONC(=O)Nc1ccc2c(c1)C(=O)c1ccccc1C2=O. The van der Waals surface area contributed by atoms with E-state index in [2.05, 4.69) is 16.7 Å². The fourth-order valence-corrected chi connectivity index (χ4v) is 2.51. The lowest BCUT2D eigenvalue weighted by molar-refractivity contribution is -0.143. The second-order valence-electron chi connectivity index (χ2n) is 5.69. The monoisotopic (exact) mass is 350 g/mol. The number of rotatable bonds is 2. The van der Waals surface area contributed by atoms with Gasteiger partial charge in [0.1, 0.15) is 0 Å². The number of urea groups is 1. The highest BCUT2D eigenvalue weighted by molar-refractivity contribution is 6.28. The molecule has 0 aromatic heterocycles. The third-order valence-corrected chi connectivity index (χ3v) is 3.77. The number of benzene rings is 2. The maximum Gasteiger partial charge on any atom is 0.358 e.